The molecule has 5 nitrogen and oxygen atoms in total. The molecule has 5 heteroatoms. The van der Waals surface area contributed by atoms with Crippen LogP contribution in [-0.2, 0) is 4.74 Å². The molecule has 1 aliphatic heterocycles. The van der Waals surface area contributed by atoms with Crippen LogP contribution in [0.3, 0.4) is 0 Å². The van der Waals surface area contributed by atoms with Crippen molar-refractivity contribution < 1.29 is 4.74 Å². The molecule has 1 N–H and O–H groups in total. The zero-order chi connectivity index (χ0) is 17.5. The molecule has 1 atom stereocenters. The van der Waals surface area contributed by atoms with Crippen LogP contribution in [-0.4, -0.2) is 69.7 Å². The molecular formula is C19H32N4O. The van der Waals surface area contributed by atoms with Crippen molar-refractivity contribution in [1.82, 2.24) is 15.1 Å². The Morgan fingerprint density at radius 2 is 2.17 bits per heavy atom. The van der Waals surface area contributed by atoms with E-state index in [1.807, 2.05) is 7.05 Å². The Kier molecular flexibility index (Phi) is 7.06. The molecule has 0 radical (unpaired) electrons. The number of nitrogens with zero attached hydrogens (tertiary/aromatic N) is 3. The lowest BCUT2D eigenvalue weighted by atomic mass is 10.00. The van der Waals surface area contributed by atoms with Crippen LogP contribution in [0.2, 0.25) is 0 Å². The molecule has 1 unspecified atom stereocenters. The molecule has 0 aromatic heterocycles. The summed E-state index contributed by atoms with van der Waals surface area (Å²) in [6.07, 6.45) is 1.22. The Morgan fingerprint density at radius 3 is 2.83 bits per heavy atom. The molecule has 1 aromatic carbocycles. The molecular weight excluding hydrogens is 300 g/mol. The van der Waals surface area contributed by atoms with Gasteiger partial charge in [0.25, 0.3) is 0 Å². The van der Waals surface area contributed by atoms with Crippen LogP contribution in [0.4, 0.5) is 0 Å². The third-order valence-electron chi connectivity index (χ3n) is 4.42. The summed E-state index contributed by atoms with van der Waals surface area (Å²) in [4.78, 5) is 8.97. The average Bonchev–Trinajstić information content (AvgIpc) is 2.55. The first kappa shape index (κ1) is 18.7. The van der Waals surface area contributed by atoms with E-state index in [1.54, 1.807) is 0 Å². The lowest BCUT2D eigenvalue weighted by molar-refractivity contribution is -0.00831. The highest BCUT2D eigenvalue weighted by Gasteiger charge is 2.25. The second-order valence-corrected chi connectivity index (χ2v) is 6.80. The van der Waals surface area contributed by atoms with Gasteiger partial charge in [-0.2, -0.15) is 0 Å². The van der Waals surface area contributed by atoms with Crippen molar-refractivity contribution in [1.29, 1.82) is 0 Å². The first-order valence-corrected chi connectivity index (χ1v) is 8.80. The fourth-order valence-corrected chi connectivity index (χ4v) is 3.14. The third kappa shape index (κ3) is 5.21. The molecule has 1 aromatic rings. The van der Waals surface area contributed by atoms with Gasteiger partial charge in [0.15, 0.2) is 5.96 Å². The van der Waals surface area contributed by atoms with E-state index in [9.17, 15) is 0 Å². The highest BCUT2D eigenvalue weighted by molar-refractivity contribution is 5.80. The minimum Gasteiger partial charge on any atom is -0.370 e. The number of aliphatic imine (C=N–C) groups is 1. The molecule has 1 fully saturated rings. The molecule has 1 aliphatic rings. The summed E-state index contributed by atoms with van der Waals surface area (Å²) in [5.74, 6) is 0.979. The molecule has 1 heterocycles. The van der Waals surface area contributed by atoms with E-state index < -0.39 is 0 Å². The number of rotatable bonds is 5. The van der Waals surface area contributed by atoms with Gasteiger partial charge in [-0.3, -0.25) is 4.99 Å². The Hall–Kier alpha value is -1.59. The van der Waals surface area contributed by atoms with Crippen molar-refractivity contribution in [2.75, 3.05) is 53.9 Å². The maximum absolute atomic E-state index is 6.04. The average molecular weight is 332 g/mol. The number of hydrogen-bond acceptors (Lipinski definition) is 3. The Balaban J connectivity index is 1.95. The predicted molar refractivity (Wildman–Crippen MR) is 101 cm³/mol. The molecule has 1 saturated heterocycles. The van der Waals surface area contributed by atoms with E-state index in [-0.39, 0.29) is 6.10 Å². The minimum atomic E-state index is 0.111. The second-order valence-electron chi connectivity index (χ2n) is 6.80. The van der Waals surface area contributed by atoms with Crippen LogP contribution in [0.1, 0.15) is 29.2 Å². The summed E-state index contributed by atoms with van der Waals surface area (Å²) >= 11 is 0. The second kappa shape index (κ2) is 9.04. The van der Waals surface area contributed by atoms with Gasteiger partial charge >= 0.3 is 0 Å². The summed E-state index contributed by atoms with van der Waals surface area (Å²) < 4.78 is 6.04. The zero-order valence-corrected chi connectivity index (χ0v) is 15.8. The van der Waals surface area contributed by atoms with Gasteiger partial charge in [0.1, 0.15) is 6.10 Å². The molecule has 0 bridgehead atoms. The van der Waals surface area contributed by atoms with Gasteiger partial charge in [-0.25, -0.2) is 0 Å². The van der Waals surface area contributed by atoms with Crippen molar-refractivity contribution in [3.63, 3.8) is 0 Å². The first-order chi connectivity index (χ1) is 11.5. The minimum absolute atomic E-state index is 0.111. The van der Waals surface area contributed by atoms with Gasteiger partial charge in [0, 0.05) is 20.1 Å². The van der Waals surface area contributed by atoms with Gasteiger partial charge < -0.3 is 19.9 Å². The number of hydrogen-bond donors (Lipinski definition) is 1. The summed E-state index contributed by atoms with van der Waals surface area (Å²) in [7, 11) is 6.06. The monoisotopic (exact) mass is 332 g/mol. The van der Waals surface area contributed by atoms with Crippen molar-refractivity contribution in [3.8, 4) is 0 Å². The molecule has 24 heavy (non-hydrogen) atoms. The lowest BCUT2D eigenvalue weighted by Crippen LogP contribution is -2.48. The summed E-state index contributed by atoms with van der Waals surface area (Å²) in [6, 6.07) is 6.59. The first-order valence-electron chi connectivity index (χ1n) is 8.80. The highest BCUT2D eigenvalue weighted by atomic mass is 16.5. The van der Waals surface area contributed by atoms with E-state index in [0.29, 0.717) is 0 Å². The molecule has 0 saturated carbocycles. The van der Waals surface area contributed by atoms with Crippen LogP contribution in [0.15, 0.2) is 23.2 Å². The largest absolute Gasteiger partial charge is 0.370 e. The van der Waals surface area contributed by atoms with E-state index >= 15 is 0 Å². The SMILES string of the molecule is CN=C(NCCCN(C)C)N1CCOC(c2ccc(C)cc2C)C1. The Labute approximate surface area is 146 Å². The third-order valence-corrected chi connectivity index (χ3v) is 4.42. The van der Waals surface area contributed by atoms with Crippen LogP contribution >= 0.6 is 0 Å². The maximum Gasteiger partial charge on any atom is 0.193 e. The van der Waals surface area contributed by atoms with Crippen LogP contribution in [0.5, 0.6) is 0 Å². The topological polar surface area (TPSA) is 40.1 Å². The van der Waals surface area contributed by atoms with E-state index in [0.717, 1.165) is 45.2 Å². The predicted octanol–water partition coefficient (Wildman–Crippen LogP) is 2.20. The summed E-state index contributed by atoms with van der Waals surface area (Å²) in [5.41, 5.74) is 3.88. The van der Waals surface area contributed by atoms with Gasteiger partial charge in [-0.15, -0.1) is 0 Å². The number of aryl methyl sites for hydroxylation is 2. The lowest BCUT2D eigenvalue weighted by Gasteiger charge is -2.36. The van der Waals surface area contributed by atoms with Crippen molar-refractivity contribution >= 4 is 5.96 Å². The summed E-state index contributed by atoms with van der Waals surface area (Å²) in [5, 5.41) is 3.48. The Morgan fingerprint density at radius 1 is 1.38 bits per heavy atom. The quantitative estimate of drug-likeness (QED) is 0.510. The van der Waals surface area contributed by atoms with Crippen LogP contribution < -0.4 is 5.32 Å². The number of nitrogens with one attached hydrogen (secondary N) is 1. The van der Waals surface area contributed by atoms with E-state index in [1.165, 1.54) is 16.7 Å². The molecule has 2 rings (SSSR count). The van der Waals surface area contributed by atoms with E-state index in [2.05, 4.69) is 66.3 Å². The maximum atomic E-state index is 6.04. The van der Waals surface area contributed by atoms with Crippen molar-refractivity contribution in [3.05, 3.63) is 34.9 Å². The molecule has 134 valence electrons. The zero-order valence-electron chi connectivity index (χ0n) is 15.8. The van der Waals surface area contributed by atoms with Gasteiger partial charge in [-0.1, -0.05) is 23.8 Å². The van der Waals surface area contributed by atoms with Crippen LogP contribution in [0, 0.1) is 13.8 Å². The number of benzene rings is 1. The number of ether oxygens (including phenoxy) is 1. The highest BCUT2D eigenvalue weighted by Crippen LogP contribution is 2.25. The molecule has 0 amide bonds. The van der Waals surface area contributed by atoms with Crippen molar-refractivity contribution in [2.24, 2.45) is 4.99 Å². The smallest absolute Gasteiger partial charge is 0.193 e. The fraction of sp³-hybridized carbons (Fsp3) is 0.632. The van der Waals surface area contributed by atoms with Crippen molar-refractivity contribution in [2.45, 2.75) is 26.4 Å². The molecule has 0 aliphatic carbocycles. The fourth-order valence-electron chi connectivity index (χ4n) is 3.14. The van der Waals surface area contributed by atoms with Crippen LogP contribution in [0.25, 0.3) is 0 Å². The van der Waals surface area contributed by atoms with Gasteiger partial charge in [0.05, 0.1) is 13.2 Å². The van der Waals surface area contributed by atoms with Gasteiger partial charge in [0.2, 0.25) is 0 Å². The normalized spacial score (nSPS) is 19.0. The number of guanidine groups is 1. The standard InChI is InChI=1S/C19H32N4O/c1-15-7-8-17(16(2)13-15)18-14-23(11-12-24-18)19(20-3)21-9-6-10-22(4)5/h7-8,13,18H,6,9-12,14H2,1-5H3,(H,20,21). The summed E-state index contributed by atoms with van der Waals surface area (Å²) in [6.45, 7) is 8.78. The van der Waals surface area contributed by atoms with Gasteiger partial charge in [-0.05, 0) is 52.0 Å². The van der Waals surface area contributed by atoms with E-state index in [4.69, 9.17) is 4.74 Å². The Bertz CT molecular complexity index is 556. The number of morpholine rings is 1. The molecule has 0 spiro atoms.